The van der Waals surface area contributed by atoms with Gasteiger partial charge in [-0.1, -0.05) is 38.5 Å². The minimum absolute atomic E-state index is 0.0150. The minimum atomic E-state index is -0.0150. The van der Waals surface area contributed by atoms with E-state index in [1.165, 1.54) is 11.1 Å². The Balaban J connectivity index is 2.67. The number of nitrogens with zero attached hydrogens (tertiary/aromatic N) is 2. The fourth-order valence-corrected chi connectivity index (χ4v) is 2.37. The first kappa shape index (κ1) is 13.7. The van der Waals surface area contributed by atoms with Crippen LogP contribution < -0.4 is 5.73 Å². The van der Waals surface area contributed by atoms with Crippen LogP contribution >= 0.6 is 0 Å². The van der Waals surface area contributed by atoms with E-state index in [1.807, 2.05) is 11.6 Å². The van der Waals surface area contributed by atoms with Crippen LogP contribution in [0.15, 0.2) is 18.2 Å². The third-order valence-electron chi connectivity index (χ3n) is 3.46. The summed E-state index contributed by atoms with van der Waals surface area (Å²) in [5.74, 6) is 1.75. The largest absolute Gasteiger partial charge is 0.383 e. The van der Waals surface area contributed by atoms with E-state index < -0.39 is 0 Å². The lowest BCUT2D eigenvalue weighted by atomic mass is 9.96. The maximum Gasteiger partial charge on any atom is 0.131 e. The molecule has 2 aromatic rings. The van der Waals surface area contributed by atoms with Gasteiger partial charge in [-0.15, -0.1) is 0 Å². The SMILES string of the molecule is Cc1ccc(C)c(-c2nc(C(C)(C)C)n(C)c2N)c1. The maximum absolute atomic E-state index is 6.25. The minimum Gasteiger partial charge on any atom is -0.383 e. The fourth-order valence-electron chi connectivity index (χ4n) is 2.37. The van der Waals surface area contributed by atoms with Crippen LogP contribution in [0.25, 0.3) is 11.3 Å². The van der Waals surface area contributed by atoms with Crippen LogP contribution in [0.3, 0.4) is 0 Å². The number of rotatable bonds is 1. The zero-order valence-corrected chi connectivity index (χ0v) is 12.7. The fraction of sp³-hybridized carbons (Fsp3) is 0.438. The van der Waals surface area contributed by atoms with Gasteiger partial charge in [-0.25, -0.2) is 4.98 Å². The van der Waals surface area contributed by atoms with Crippen molar-refractivity contribution in [1.29, 1.82) is 0 Å². The van der Waals surface area contributed by atoms with E-state index in [2.05, 4.69) is 52.8 Å². The first-order chi connectivity index (χ1) is 8.71. The Morgan fingerprint density at radius 3 is 2.32 bits per heavy atom. The quantitative estimate of drug-likeness (QED) is 0.848. The molecule has 0 bridgehead atoms. The lowest BCUT2D eigenvalue weighted by Gasteiger charge is -2.17. The van der Waals surface area contributed by atoms with Gasteiger partial charge in [0.1, 0.15) is 17.3 Å². The molecule has 0 aliphatic rings. The van der Waals surface area contributed by atoms with Crippen molar-refractivity contribution in [2.45, 2.75) is 40.0 Å². The summed E-state index contributed by atoms with van der Waals surface area (Å²) in [5.41, 5.74) is 10.7. The molecule has 3 nitrogen and oxygen atoms in total. The number of hydrogen-bond acceptors (Lipinski definition) is 2. The Hall–Kier alpha value is -1.77. The van der Waals surface area contributed by atoms with E-state index in [9.17, 15) is 0 Å². The zero-order chi connectivity index (χ0) is 14.4. The predicted octanol–water partition coefficient (Wildman–Crippen LogP) is 3.58. The average Bonchev–Trinajstić information content (AvgIpc) is 2.59. The number of nitrogens with two attached hydrogens (primary N) is 1. The van der Waals surface area contributed by atoms with Crippen molar-refractivity contribution in [1.82, 2.24) is 9.55 Å². The van der Waals surface area contributed by atoms with Crippen molar-refractivity contribution in [3.8, 4) is 11.3 Å². The van der Waals surface area contributed by atoms with Crippen LogP contribution in [0.2, 0.25) is 0 Å². The first-order valence-corrected chi connectivity index (χ1v) is 6.62. The second-order valence-corrected chi connectivity index (χ2v) is 6.30. The highest BCUT2D eigenvalue weighted by Gasteiger charge is 2.24. The molecular formula is C16H23N3. The summed E-state index contributed by atoms with van der Waals surface area (Å²) >= 11 is 0. The van der Waals surface area contributed by atoms with Gasteiger partial charge in [0.15, 0.2) is 0 Å². The first-order valence-electron chi connectivity index (χ1n) is 6.62. The molecular weight excluding hydrogens is 234 g/mol. The molecule has 0 radical (unpaired) electrons. The molecule has 0 unspecified atom stereocenters. The van der Waals surface area contributed by atoms with Crippen LogP contribution in [0, 0.1) is 13.8 Å². The summed E-state index contributed by atoms with van der Waals surface area (Å²) in [6.07, 6.45) is 0. The summed E-state index contributed by atoms with van der Waals surface area (Å²) < 4.78 is 2.00. The van der Waals surface area contributed by atoms with Crippen molar-refractivity contribution in [3.63, 3.8) is 0 Å². The van der Waals surface area contributed by atoms with Crippen molar-refractivity contribution in [3.05, 3.63) is 35.2 Å². The van der Waals surface area contributed by atoms with Crippen molar-refractivity contribution < 1.29 is 0 Å². The summed E-state index contributed by atoms with van der Waals surface area (Å²) in [5, 5.41) is 0. The average molecular weight is 257 g/mol. The summed E-state index contributed by atoms with van der Waals surface area (Å²) in [7, 11) is 1.98. The highest BCUT2D eigenvalue weighted by atomic mass is 15.1. The molecule has 1 aromatic heterocycles. The molecule has 0 saturated carbocycles. The Kier molecular flexibility index (Phi) is 3.17. The van der Waals surface area contributed by atoms with E-state index in [1.54, 1.807) is 0 Å². The molecule has 0 saturated heterocycles. The molecule has 0 amide bonds. The number of hydrogen-bond donors (Lipinski definition) is 1. The number of anilines is 1. The number of aromatic nitrogens is 2. The van der Waals surface area contributed by atoms with Gasteiger partial charge in [-0.2, -0.15) is 0 Å². The van der Waals surface area contributed by atoms with Gasteiger partial charge in [0.2, 0.25) is 0 Å². The second kappa shape index (κ2) is 4.41. The Labute approximate surface area is 115 Å². The molecule has 0 aliphatic heterocycles. The maximum atomic E-state index is 6.25. The number of imidazole rings is 1. The number of aryl methyl sites for hydroxylation is 2. The topological polar surface area (TPSA) is 43.8 Å². The Morgan fingerprint density at radius 2 is 1.79 bits per heavy atom. The summed E-state index contributed by atoms with van der Waals surface area (Å²) in [6.45, 7) is 10.7. The van der Waals surface area contributed by atoms with Gasteiger partial charge in [0, 0.05) is 18.0 Å². The summed E-state index contributed by atoms with van der Waals surface area (Å²) in [4.78, 5) is 4.79. The van der Waals surface area contributed by atoms with Gasteiger partial charge in [0.05, 0.1) is 0 Å². The number of nitrogen functional groups attached to an aromatic ring is 1. The van der Waals surface area contributed by atoms with E-state index in [4.69, 9.17) is 10.7 Å². The van der Waals surface area contributed by atoms with Crippen molar-refractivity contribution in [2.24, 2.45) is 7.05 Å². The highest BCUT2D eigenvalue weighted by molar-refractivity contribution is 5.74. The van der Waals surface area contributed by atoms with Gasteiger partial charge in [-0.05, 0) is 25.5 Å². The summed E-state index contributed by atoms with van der Waals surface area (Å²) in [6, 6.07) is 6.39. The van der Waals surface area contributed by atoms with Gasteiger partial charge < -0.3 is 10.3 Å². The van der Waals surface area contributed by atoms with E-state index in [0.29, 0.717) is 0 Å². The van der Waals surface area contributed by atoms with Crippen LogP contribution in [-0.4, -0.2) is 9.55 Å². The molecule has 102 valence electrons. The standard InChI is InChI=1S/C16H23N3/c1-10-7-8-11(2)12(9-10)13-14(17)19(6)15(18-13)16(3,4)5/h7-9H,17H2,1-6H3. The van der Waals surface area contributed by atoms with E-state index in [0.717, 1.165) is 22.9 Å². The van der Waals surface area contributed by atoms with Crippen LogP contribution in [0.5, 0.6) is 0 Å². The second-order valence-electron chi connectivity index (χ2n) is 6.30. The van der Waals surface area contributed by atoms with Gasteiger partial charge >= 0.3 is 0 Å². The molecule has 1 aromatic carbocycles. The molecule has 2 N–H and O–H groups in total. The molecule has 3 heteroatoms. The molecule has 0 atom stereocenters. The highest BCUT2D eigenvalue weighted by Crippen LogP contribution is 2.32. The Bertz CT molecular complexity index is 616. The molecule has 1 heterocycles. The molecule has 19 heavy (non-hydrogen) atoms. The van der Waals surface area contributed by atoms with Crippen LogP contribution in [0.4, 0.5) is 5.82 Å². The van der Waals surface area contributed by atoms with Crippen LogP contribution in [-0.2, 0) is 12.5 Å². The van der Waals surface area contributed by atoms with E-state index in [-0.39, 0.29) is 5.41 Å². The van der Waals surface area contributed by atoms with Crippen LogP contribution in [0.1, 0.15) is 37.7 Å². The third kappa shape index (κ3) is 2.37. The number of benzene rings is 1. The van der Waals surface area contributed by atoms with Crippen molar-refractivity contribution >= 4 is 5.82 Å². The smallest absolute Gasteiger partial charge is 0.131 e. The normalized spacial score (nSPS) is 11.9. The molecule has 0 spiro atoms. The molecule has 0 fully saturated rings. The Morgan fingerprint density at radius 1 is 1.16 bits per heavy atom. The zero-order valence-electron chi connectivity index (χ0n) is 12.7. The third-order valence-corrected chi connectivity index (χ3v) is 3.46. The van der Waals surface area contributed by atoms with Crippen molar-refractivity contribution in [2.75, 3.05) is 5.73 Å². The van der Waals surface area contributed by atoms with Gasteiger partial charge in [0.25, 0.3) is 0 Å². The lowest BCUT2D eigenvalue weighted by Crippen LogP contribution is -2.17. The van der Waals surface area contributed by atoms with Gasteiger partial charge in [-0.3, -0.25) is 0 Å². The lowest BCUT2D eigenvalue weighted by molar-refractivity contribution is 0.524. The molecule has 0 aliphatic carbocycles. The molecule has 2 rings (SSSR count). The monoisotopic (exact) mass is 257 g/mol. The van der Waals surface area contributed by atoms with E-state index >= 15 is 0 Å². The predicted molar refractivity (Wildman–Crippen MR) is 81.2 cm³/mol.